The number of nitrogens with zero attached hydrogens (tertiary/aromatic N) is 2. The lowest BCUT2D eigenvalue weighted by atomic mass is 9.98. The zero-order chi connectivity index (χ0) is 12.4. The summed E-state index contributed by atoms with van der Waals surface area (Å²) in [6.45, 7) is 3.66. The van der Waals surface area contributed by atoms with Crippen molar-refractivity contribution in [1.82, 2.24) is 9.97 Å². The molecule has 4 nitrogen and oxygen atoms in total. The molecule has 0 bridgehead atoms. The number of anilines is 1. The summed E-state index contributed by atoms with van der Waals surface area (Å²) in [5.74, 6) is 4.34. The van der Waals surface area contributed by atoms with Crippen LogP contribution >= 0.6 is 0 Å². The fourth-order valence-corrected chi connectivity index (χ4v) is 2.65. The number of nitrogens with one attached hydrogen (secondary N) is 1. The van der Waals surface area contributed by atoms with Crippen LogP contribution in [0.5, 0.6) is 5.88 Å². The van der Waals surface area contributed by atoms with Crippen LogP contribution < -0.4 is 10.1 Å². The van der Waals surface area contributed by atoms with Gasteiger partial charge in [-0.25, -0.2) is 9.97 Å². The van der Waals surface area contributed by atoms with E-state index < -0.39 is 0 Å². The molecule has 1 N–H and O–H groups in total. The third-order valence-corrected chi connectivity index (χ3v) is 3.91. The van der Waals surface area contributed by atoms with E-state index in [1.165, 1.54) is 25.7 Å². The molecule has 2 saturated carbocycles. The molecule has 1 aromatic heterocycles. The van der Waals surface area contributed by atoms with E-state index in [4.69, 9.17) is 4.74 Å². The van der Waals surface area contributed by atoms with Crippen molar-refractivity contribution < 1.29 is 4.74 Å². The summed E-state index contributed by atoms with van der Waals surface area (Å²) in [5, 5.41) is 3.46. The first-order valence-electron chi connectivity index (χ1n) is 7.05. The number of aromatic nitrogens is 2. The van der Waals surface area contributed by atoms with Crippen molar-refractivity contribution in [2.75, 3.05) is 18.5 Å². The normalized spacial score (nSPS) is 19.0. The van der Waals surface area contributed by atoms with Gasteiger partial charge in [0.2, 0.25) is 5.88 Å². The van der Waals surface area contributed by atoms with E-state index >= 15 is 0 Å². The van der Waals surface area contributed by atoms with E-state index in [9.17, 15) is 0 Å². The topological polar surface area (TPSA) is 47.0 Å². The molecule has 0 amide bonds. The Hall–Kier alpha value is -1.32. The molecule has 0 aromatic carbocycles. The lowest BCUT2D eigenvalue weighted by Gasteiger charge is -2.16. The molecule has 2 fully saturated rings. The minimum absolute atomic E-state index is 0.642. The van der Waals surface area contributed by atoms with Gasteiger partial charge in [-0.2, -0.15) is 0 Å². The Morgan fingerprint density at radius 2 is 2.00 bits per heavy atom. The third kappa shape index (κ3) is 2.92. The first-order chi connectivity index (χ1) is 8.86. The quantitative estimate of drug-likeness (QED) is 0.804. The number of hydrogen-bond donors (Lipinski definition) is 1. The standard InChI is InChI=1S/C14H21N3O/c1-2-18-14-7-13(16-9-17-14)15-8-12(10-3-4-10)11-5-6-11/h7,9-12H,2-6,8H2,1H3,(H,15,16,17). The molecule has 98 valence electrons. The Balaban J connectivity index is 1.56. The van der Waals surface area contributed by atoms with Crippen molar-refractivity contribution in [3.05, 3.63) is 12.4 Å². The van der Waals surface area contributed by atoms with Gasteiger partial charge in [-0.3, -0.25) is 0 Å². The molecular weight excluding hydrogens is 226 g/mol. The Kier molecular flexibility index (Phi) is 3.35. The summed E-state index contributed by atoms with van der Waals surface area (Å²) < 4.78 is 5.38. The SMILES string of the molecule is CCOc1cc(NCC(C2CC2)C2CC2)ncn1. The van der Waals surface area contributed by atoms with Gasteiger partial charge in [0, 0.05) is 12.6 Å². The second-order valence-corrected chi connectivity index (χ2v) is 5.39. The zero-order valence-electron chi connectivity index (χ0n) is 10.9. The van der Waals surface area contributed by atoms with Gasteiger partial charge in [0.05, 0.1) is 6.61 Å². The maximum Gasteiger partial charge on any atom is 0.218 e. The molecule has 0 saturated heterocycles. The van der Waals surface area contributed by atoms with Crippen LogP contribution in [0.15, 0.2) is 12.4 Å². The van der Waals surface area contributed by atoms with Crippen LogP contribution in [0.3, 0.4) is 0 Å². The monoisotopic (exact) mass is 247 g/mol. The average Bonchev–Trinajstić information content (AvgIpc) is 3.25. The van der Waals surface area contributed by atoms with Crippen molar-refractivity contribution in [2.45, 2.75) is 32.6 Å². The van der Waals surface area contributed by atoms with Crippen LogP contribution in [-0.2, 0) is 0 Å². The molecule has 3 rings (SSSR count). The fourth-order valence-electron chi connectivity index (χ4n) is 2.65. The number of hydrogen-bond acceptors (Lipinski definition) is 4. The Morgan fingerprint density at radius 3 is 2.61 bits per heavy atom. The predicted molar refractivity (Wildman–Crippen MR) is 70.6 cm³/mol. The molecule has 2 aliphatic rings. The Labute approximate surface area is 108 Å². The van der Waals surface area contributed by atoms with Gasteiger partial charge in [0.25, 0.3) is 0 Å². The molecule has 1 heterocycles. The second-order valence-electron chi connectivity index (χ2n) is 5.39. The Bertz CT molecular complexity index is 390. The van der Waals surface area contributed by atoms with E-state index in [-0.39, 0.29) is 0 Å². The van der Waals surface area contributed by atoms with Crippen molar-refractivity contribution in [3.63, 3.8) is 0 Å². The van der Waals surface area contributed by atoms with E-state index in [0.717, 1.165) is 30.1 Å². The first-order valence-corrected chi connectivity index (χ1v) is 7.05. The van der Waals surface area contributed by atoms with Crippen LogP contribution in [0, 0.1) is 17.8 Å². The molecule has 4 heteroatoms. The van der Waals surface area contributed by atoms with Crippen molar-refractivity contribution in [2.24, 2.45) is 17.8 Å². The van der Waals surface area contributed by atoms with Crippen LogP contribution in [0.2, 0.25) is 0 Å². The number of ether oxygens (including phenoxy) is 1. The summed E-state index contributed by atoms with van der Waals surface area (Å²) in [5.41, 5.74) is 0. The molecule has 0 aliphatic heterocycles. The summed E-state index contributed by atoms with van der Waals surface area (Å²) in [6, 6.07) is 1.89. The van der Waals surface area contributed by atoms with Gasteiger partial charge >= 0.3 is 0 Å². The molecule has 0 unspecified atom stereocenters. The average molecular weight is 247 g/mol. The van der Waals surface area contributed by atoms with Crippen LogP contribution in [0.4, 0.5) is 5.82 Å². The highest BCUT2D eigenvalue weighted by molar-refractivity contribution is 5.37. The molecule has 2 aliphatic carbocycles. The molecule has 0 radical (unpaired) electrons. The van der Waals surface area contributed by atoms with E-state index in [2.05, 4.69) is 15.3 Å². The predicted octanol–water partition coefficient (Wildman–Crippen LogP) is 2.72. The van der Waals surface area contributed by atoms with E-state index in [1.807, 2.05) is 13.0 Å². The van der Waals surface area contributed by atoms with Crippen molar-refractivity contribution in [3.8, 4) is 5.88 Å². The zero-order valence-corrected chi connectivity index (χ0v) is 10.9. The van der Waals surface area contributed by atoms with Gasteiger partial charge in [-0.15, -0.1) is 0 Å². The highest BCUT2D eigenvalue weighted by Gasteiger charge is 2.40. The van der Waals surface area contributed by atoms with Crippen molar-refractivity contribution >= 4 is 5.82 Å². The molecule has 0 spiro atoms. The first kappa shape index (κ1) is 11.8. The highest BCUT2D eigenvalue weighted by atomic mass is 16.5. The van der Waals surface area contributed by atoms with Crippen molar-refractivity contribution in [1.29, 1.82) is 0 Å². The van der Waals surface area contributed by atoms with Gasteiger partial charge in [0.15, 0.2) is 0 Å². The van der Waals surface area contributed by atoms with Gasteiger partial charge < -0.3 is 10.1 Å². The van der Waals surface area contributed by atoms with Crippen LogP contribution in [0.1, 0.15) is 32.6 Å². The minimum Gasteiger partial charge on any atom is -0.478 e. The minimum atomic E-state index is 0.642. The van der Waals surface area contributed by atoms with Crippen LogP contribution in [-0.4, -0.2) is 23.1 Å². The highest BCUT2D eigenvalue weighted by Crippen LogP contribution is 2.49. The summed E-state index contributed by atoms with van der Waals surface area (Å²) in [7, 11) is 0. The second kappa shape index (κ2) is 5.12. The third-order valence-electron chi connectivity index (χ3n) is 3.91. The maximum absolute atomic E-state index is 5.38. The van der Waals surface area contributed by atoms with E-state index in [1.54, 1.807) is 6.33 Å². The lowest BCUT2D eigenvalue weighted by molar-refractivity contribution is 0.326. The van der Waals surface area contributed by atoms with Gasteiger partial charge in [-0.05, 0) is 50.4 Å². The molecule has 0 atom stereocenters. The van der Waals surface area contributed by atoms with Crippen LogP contribution in [0.25, 0.3) is 0 Å². The molecular formula is C14H21N3O. The lowest BCUT2D eigenvalue weighted by Crippen LogP contribution is -2.18. The van der Waals surface area contributed by atoms with Gasteiger partial charge in [-0.1, -0.05) is 0 Å². The largest absolute Gasteiger partial charge is 0.478 e. The fraction of sp³-hybridized carbons (Fsp3) is 0.714. The smallest absolute Gasteiger partial charge is 0.218 e. The van der Waals surface area contributed by atoms with Gasteiger partial charge in [0.1, 0.15) is 12.1 Å². The number of rotatable bonds is 7. The molecule has 18 heavy (non-hydrogen) atoms. The van der Waals surface area contributed by atoms with E-state index in [0.29, 0.717) is 12.5 Å². The maximum atomic E-state index is 5.38. The molecule has 1 aromatic rings. The summed E-state index contributed by atoms with van der Waals surface area (Å²) in [6.07, 6.45) is 7.28. The summed E-state index contributed by atoms with van der Waals surface area (Å²) >= 11 is 0. The Morgan fingerprint density at radius 1 is 1.28 bits per heavy atom. The summed E-state index contributed by atoms with van der Waals surface area (Å²) in [4.78, 5) is 8.33.